The average Bonchev–Trinajstić information content (AvgIpc) is 3.05. The molecule has 2 atom stereocenters. The summed E-state index contributed by atoms with van der Waals surface area (Å²) in [6.07, 6.45) is 2.87. The second-order valence-electron chi connectivity index (χ2n) is 11.8. The van der Waals surface area contributed by atoms with E-state index in [1.807, 2.05) is 17.0 Å². The molecule has 2 aliphatic heterocycles. The van der Waals surface area contributed by atoms with E-state index in [1.165, 1.54) is 18.1 Å². The molecular formula is C32H40Cl4N6O5. The maximum atomic E-state index is 13.3. The molecular weight excluding hydrogens is 690 g/mol. The Hall–Kier alpha value is -2.80. The van der Waals surface area contributed by atoms with Crippen LogP contribution in [0.1, 0.15) is 47.5 Å². The minimum absolute atomic E-state index is 0.0197. The third-order valence-electron chi connectivity index (χ3n) is 8.77. The second kappa shape index (κ2) is 17.0. The van der Waals surface area contributed by atoms with Crippen LogP contribution in [0.5, 0.6) is 0 Å². The van der Waals surface area contributed by atoms with Crippen molar-refractivity contribution in [1.82, 2.24) is 19.6 Å². The van der Waals surface area contributed by atoms with Crippen LogP contribution in [0.25, 0.3) is 0 Å². The maximum absolute atomic E-state index is 13.3. The summed E-state index contributed by atoms with van der Waals surface area (Å²) in [5.74, 6) is -1.22. The molecule has 4 amide bonds. The molecule has 0 aliphatic carbocycles. The Morgan fingerprint density at radius 2 is 1.68 bits per heavy atom. The molecule has 47 heavy (non-hydrogen) atoms. The molecule has 0 saturated carbocycles. The topological polar surface area (TPSA) is 132 Å². The Balaban J connectivity index is 1.45. The summed E-state index contributed by atoms with van der Waals surface area (Å²) in [4.78, 5) is 50.8. The van der Waals surface area contributed by atoms with Crippen LogP contribution >= 0.6 is 46.4 Å². The number of piperidine rings is 1. The van der Waals surface area contributed by atoms with Crippen molar-refractivity contribution in [2.45, 2.75) is 43.7 Å². The van der Waals surface area contributed by atoms with Crippen molar-refractivity contribution in [3.63, 3.8) is 0 Å². The summed E-state index contributed by atoms with van der Waals surface area (Å²) in [7, 11) is 3.15. The van der Waals surface area contributed by atoms with Crippen molar-refractivity contribution < 1.29 is 24.3 Å². The zero-order valence-electron chi connectivity index (χ0n) is 26.4. The lowest BCUT2D eigenvalue weighted by molar-refractivity contribution is -0.124. The average molecular weight is 731 g/mol. The largest absolute Gasteiger partial charge is 0.399 e. The number of hydrogen-bond acceptors (Lipinski definition) is 7. The number of urea groups is 1. The number of benzene rings is 2. The van der Waals surface area contributed by atoms with E-state index >= 15 is 0 Å². The molecule has 0 bridgehead atoms. The number of hydrogen-bond donors (Lipinski definition) is 2. The number of aliphatic hydroxyl groups excluding tert-OH is 1. The molecule has 4 rings (SSSR count). The standard InChI is InChI=1S/C32H40Cl4N6O5/c1-39(31(45)21-5-7-25(34)27(36)17-21)18-28(38-47-2)23(20-4-6-24(33)26(35)16-20)10-15-40-13-8-22(9-14-40)41-11-3-12-42(32(41)46)29(19-43)30(37)44/h4-7,16-17,22-23,29,43H,3,8-15,18-19H2,1-2H3,(H2,37,44)/b38-28-/t23-,29+/m1/s1. The fraction of sp³-hybridized carbons (Fsp3) is 0.500. The van der Waals surface area contributed by atoms with Crippen LogP contribution in [0.3, 0.4) is 0 Å². The fourth-order valence-corrected chi connectivity index (χ4v) is 6.85. The maximum Gasteiger partial charge on any atom is 0.321 e. The SMILES string of the molecule is CO/N=C(/CN(C)C(=O)c1ccc(Cl)c(Cl)c1)[C@H](CCN1CCC(N2CCCN([C@@H](CO)C(N)=O)C2=O)CC1)c1ccc(Cl)c(Cl)c1. The summed E-state index contributed by atoms with van der Waals surface area (Å²) < 4.78 is 0. The van der Waals surface area contributed by atoms with Gasteiger partial charge in [-0.15, -0.1) is 0 Å². The number of nitrogens with zero attached hydrogens (tertiary/aromatic N) is 5. The van der Waals surface area contributed by atoms with E-state index in [1.54, 1.807) is 30.1 Å². The monoisotopic (exact) mass is 728 g/mol. The first-order valence-corrected chi connectivity index (χ1v) is 16.9. The first-order chi connectivity index (χ1) is 22.4. The van der Waals surface area contributed by atoms with Crippen LogP contribution in [0.2, 0.25) is 20.1 Å². The van der Waals surface area contributed by atoms with E-state index in [4.69, 9.17) is 57.0 Å². The van der Waals surface area contributed by atoms with Gasteiger partial charge in [-0.05, 0) is 68.1 Å². The van der Waals surface area contributed by atoms with Crippen molar-refractivity contribution in [2.75, 3.05) is 60.0 Å². The molecule has 0 spiro atoms. The van der Waals surface area contributed by atoms with Crippen molar-refractivity contribution in [3.8, 4) is 0 Å². The van der Waals surface area contributed by atoms with Gasteiger partial charge in [-0.1, -0.05) is 57.6 Å². The van der Waals surface area contributed by atoms with Crippen LogP contribution in [-0.2, 0) is 9.63 Å². The number of carbonyl (C=O) groups is 3. The molecule has 2 fully saturated rings. The van der Waals surface area contributed by atoms with Crippen LogP contribution < -0.4 is 5.73 Å². The van der Waals surface area contributed by atoms with E-state index in [0.29, 0.717) is 58.8 Å². The van der Waals surface area contributed by atoms with E-state index in [0.717, 1.165) is 31.5 Å². The predicted octanol–water partition coefficient (Wildman–Crippen LogP) is 4.99. The minimum atomic E-state index is -1.02. The highest BCUT2D eigenvalue weighted by Crippen LogP contribution is 2.31. The highest BCUT2D eigenvalue weighted by atomic mass is 35.5. The summed E-state index contributed by atoms with van der Waals surface area (Å²) in [6, 6.07) is 8.93. The lowest BCUT2D eigenvalue weighted by Gasteiger charge is -2.44. The fourth-order valence-electron chi connectivity index (χ4n) is 6.24. The number of carbonyl (C=O) groups excluding carboxylic acids is 3. The molecule has 2 aromatic carbocycles. The van der Waals surface area contributed by atoms with Gasteiger partial charge in [0.05, 0.1) is 39.0 Å². The zero-order valence-corrected chi connectivity index (χ0v) is 29.4. The number of amides is 4. The quantitative estimate of drug-likeness (QED) is 0.221. The van der Waals surface area contributed by atoms with Gasteiger partial charge in [-0.25, -0.2) is 4.79 Å². The van der Waals surface area contributed by atoms with Gasteiger partial charge in [-0.2, -0.15) is 0 Å². The van der Waals surface area contributed by atoms with Crippen molar-refractivity contribution in [1.29, 1.82) is 0 Å². The normalized spacial score (nSPS) is 17.9. The van der Waals surface area contributed by atoms with Crippen molar-refractivity contribution >= 4 is 70.0 Å². The lowest BCUT2D eigenvalue weighted by Crippen LogP contribution is -2.61. The van der Waals surface area contributed by atoms with Gasteiger partial charge < -0.3 is 35.3 Å². The molecule has 2 heterocycles. The Labute approximate surface area is 295 Å². The predicted molar refractivity (Wildman–Crippen MR) is 185 cm³/mol. The first-order valence-electron chi connectivity index (χ1n) is 15.4. The number of primary amides is 1. The minimum Gasteiger partial charge on any atom is -0.399 e. The molecule has 0 radical (unpaired) electrons. The van der Waals surface area contributed by atoms with Crippen LogP contribution in [-0.4, -0.2) is 120 Å². The molecule has 2 aliphatic rings. The van der Waals surface area contributed by atoms with Crippen molar-refractivity contribution in [2.24, 2.45) is 10.9 Å². The second-order valence-corrected chi connectivity index (χ2v) is 13.4. The number of likely N-dealkylation sites (tertiary alicyclic amines) is 1. The molecule has 11 nitrogen and oxygen atoms in total. The summed E-state index contributed by atoms with van der Waals surface area (Å²) in [5.41, 5.74) is 7.34. The van der Waals surface area contributed by atoms with E-state index in [-0.39, 0.29) is 35.5 Å². The number of aliphatic hydroxyl groups is 1. The third-order valence-corrected chi connectivity index (χ3v) is 10.2. The van der Waals surface area contributed by atoms with Crippen LogP contribution in [0.15, 0.2) is 41.6 Å². The van der Waals surface area contributed by atoms with Gasteiger partial charge in [0.25, 0.3) is 5.91 Å². The summed E-state index contributed by atoms with van der Waals surface area (Å²) >= 11 is 24.9. The van der Waals surface area contributed by atoms with Crippen molar-refractivity contribution in [3.05, 3.63) is 67.6 Å². The van der Waals surface area contributed by atoms with Gasteiger partial charge >= 0.3 is 6.03 Å². The third kappa shape index (κ3) is 9.22. The van der Waals surface area contributed by atoms with Gasteiger partial charge in [0, 0.05) is 50.7 Å². The number of halogens is 4. The van der Waals surface area contributed by atoms with Gasteiger partial charge in [0.2, 0.25) is 5.91 Å². The molecule has 0 unspecified atom stereocenters. The molecule has 3 N–H and O–H groups in total. The highest BCUT2D eigenvalue weighted by molar-refractivity contribution is 6.42. The number of rotatable bonds is 13. The number of oxime groups is 1. The van der Waals surface area contributed by atoms with Gasteiger partial charge in [0.1, 0.15) is 13.2 Å². The highest BCUT2D eigenvalue weighted by Gasteiger charge is 2.38. The molecule has 256 valence electrons. The molecule has 2 aromatic rings. The van der Waals surface area contributed by atoms with Gasteiger partial charge in [0.15, 0.2) is 0 Å². The summed E-state index contributed by atoms with van der Waals surface area (Å²) in [6.45, 7) is 2.89. The lowest BCUT2D eigenvalue weighted by atomic mass is 9.89. The molecule has 2 saturated heterocycles. The van der Waals surface area contributed by atoms with E-state index in [9.17, 15) is 19.5 Å². The van der Waals surface area contributed by atoms with Crippen LogP contribution in [0.4, 0.5) is 4.79 Å². The first kappa shape index (κ1) is 37.0. The summed E-state index contributed by atoms with van der Waals surface area (Å²) in [5, 5.41) is 15.5. The Morgan fingerprint density at radius 3 is 2.28 bits per heavy atom. The molecule has 0 aromatic heterocycles. The van der Waals surface area contributed by atoms with E-state index < -0.39 is 18.6 Å². The number of nitrogens with two attached hydrogens (primary N) is 1. The van der Waals surface area contributed by atoms with E-state index in [2.05, 4.69) is 10.1 Å². The zero-order chi connectivity index (χ0) is 34.2. The Kier molecular flexibility index (Phi) is 13.4. The smallest absolute Gasteiger partial charge is 0.321 e. The van der Waals surface area contributed by atoms with Gasteiger partial charge in [-0.3, -0.25) is 9.59 Å². The Morgan fingerprint density at radius 1 is 1.02 bits per heavy atom. The molecule has 15 heteroatoms. The van der Waals surface area contributed by atoms with Crippen LogP contribution in [0, 0.1) is 0 Å². The Bertz CT molecular complexity index is 1470.